The first kappa shape index (κ1) is 16.8. The predicted molar refractivity (Wildman–Crippen MR) is 102 cm³/mol. The van der Waals surface area contributed by atoms with Gasteiger partial charge in [0.15, 0.2) is 5.69 Å². The fraction of sp³-hybridized carbons (Fsp3) is 0.150. The highest BCUT2D eigenvalue weighted by Crippen LogP contribution is 2.15. The minimum atomic E-state index is -0.251. The first-order valence-corrected chi connectivity index (χ1v) is 8.56. The summed E-state index contributed by atoms with van der Waals surface area (Å²) in [6.07, 6.45) is 1.75. The van der Waals surface area contributed by atoms with Crippen molar-refractivity contribution in [3.05, 3.63) is 71.8 Å². The Morgan fingerprint density at radius 2 is 2.00 bits per heavy atom. The number of aromatic nitrogens is 4. The van der Waals surface area contributed by atoms with Crippen LogP contribution in [0.1, 0.15) is 21.9 Å². The van der Waals surface area contributed by atoms with Crippen LogP contribution in [0.15, 0.2) is 54.7 Å². The third-order valence-corrected chi connectivity index (χ3v) is 4.26. The SMILES string of the molecule is COc1ccc(-n2ccc(C(=O)NCc3nc4ccc(C)cc4[nH]3)n2)cc1. The van der Waals surface area contributed by atoms with Crippen LogP contribution in [-0.4, -0.2) is 32.8 Å². The van der Waals surface area contributed by atoms with Gasteiger partial charge in [0.25, 0.3) is 5.91 Å². The van der Waals surface area contributed by atoms with E-state index in [1.165, 1.54) is 0 Å². The van der Waals surface area contributed by atoms with E-state index in [1.54, 1.807) is 24.1 Å². The van der Waals surface area contributed by atoms with Gasteiger partial charge in [-0.2, -0.15) is 5.10 Å². The highest BCUT2D eigenvalue weighted by Gasteiger charge is 2.11. The van der Waals surface area contributed by atoms with Gasteiger partial charge in [-0.25, -0.2) is 9.67 Å². The summed E-state index contributed by atoms with van der Waals surface area (Å²) in [4.78, 5) is 20.1. The van der Waals surface area contributed by atoms with Crippen molar-refractivity contribution in [1.29, 1.82) is 0 Å². The number of amides is 1. The lowest BCUT2D eigenvalue weighted by Crippen LogP contribution is -2.24. The van der Waals surface area contributed by atoms with Gasteiger partial charge in [0.05, 0.1) is 30.4 Å². The molecule has 2 heterocycles. The zero-order valence-corrected chi connectivity index (χ0v) is 15.1. The summed E-state index contributed by atoms with van der Waals surface area (Å²) in [5.74, 6) is 1.22. The second kappa shape index (κ2) is 6.95. The van der Waals surface area contributed by atoms with Crippen LogP contribution < -0.4 is 10.1 Å². The molecule has 0 fully saturated rings. The highest BCUT2D eigenvalue weighted by molar-refractivity contribution is 5.92. The number of hydrogen-bond donors (Lipinski definition) is 2. The highest BCUT2D eigenvalue weighted by atomic mass is 16.5. The van der Waals surface area contributed by atoms with Crippen LogP contribution in [0.4, 0.5) is 0 Å². The third kappa shape index (κ3) is 3.52. The summed E-state index contributed by atoms with van der Waals surface area (Å²) >= 11 is 0. The topological polar surface area (TPSA) is 84.8 Å². The Labute approximate surface area is 156 Å². The minimum Gasteiger partial charge on any atom is -0.497 e. The average molecular weight is 361 g/mol. The van der Waals surface area contributed by atoms with Gasteiger partial charge >= 0.3 is 0 Å². The summed E-state index contributed by atoms with van der Waals surface area (Å²) in [5, 5.41) is 7.18. The molecule has 0 saturated heterocycles. The number of aromatic amines is 1. The Morgan fingerprint density at radius 3 is 2.78 bits per heavy atom. The number of aryl methyl sites for hydroxylation is 1. The van der Waals surface area contributed by atoms with Gasteiger partial charge in [-0.05, 0) is 55.0 Å². The number of hydrogen-bond acceptors (Lipinski definition) is 4. The number of nitrogens with one attached hydrogen (secondary N) is 2. The largest absolute Gasteiger partial charge is 0.497 e. The van der Waals surface area contributed by atoms with E-state index in [2.05, 4.69) is 20.4 Å². The van der Waals surface area contributed by atoms with Crippen molar-refractivity contribution in [2.45, 2.75) is 13.5 Å². The van der Waals surface area contributed by atoms with Crippen molar-refractivity contribution in [3.63, 3.8) is 0 Å². The van der Waals surface area contributed by atoms with E-state index in [4.69, 9.17) is 4.74 Å². The molecule has 1 amide bonds. The molecule has 2 N–H and O–H groups in total. The Balaban J connectivity index is 1.44. The zero-order valence-electron chi connectivity index (χ0n) is 15.1. The standard InChI is InChI=1S/C20H19N5O2/c1-13-3-8-16-18(11-13)23-19(22-16)12-21-20(26)17-9-10-25(24-17)14-4-6-15(27-2)7-5-14/h3-11H,12H2,1-2H3,(H,21,26)(H,22,23). The summed E-state index contributed by atoms with van der Waals surface area (Å²) in [5.41, 5.74) is 4.20. The van der Waals surface area contributed by atoms with Gasteiger partial charge in [-0.1, -0.05) is 6.07 Å². The molecule has 4 rings (SSSR count). The monoisotopic (exact) mass is 361 g/mol. The molecule has 7 heteroatoms. The number of methoxy groups -OCH3 is 1. The predicted octanol–water partition coefficient (Wildman–Crippen LogP) is 3.00. The molecule has 2 aromatic carbocycles. The number of rotatable bonds is 5. The fourth-order valence-electron chi connectivity index (χ4n) is 2.84. The molecule has 7 nitrogen and oxygen atoms in total. The van der Waals surface area contributed by atoms with E-state index in [-0.39, 0.29) is 5.91 Å². The lowest BCUT2D eigenvalue weighted by Gasteiger charge is -2.03. The summed E-state index contributed by atoms with van der Waals surface area (Å²) in [6.45, 7) is 2.34. The molecule has 0 saturated carbocycles. The van der Waals surface area contributed by atoms with E-state index in [1.807, 2.05) is 49.4 Å². The van der Waals surface area contributed by atoms with E-state index >= 15 is 0 Å². The van der Waals surface area contributed by atoms with Crippen LogP contribution in [-0.2, 0) is 6.54 Å². The first-order chi connectivity index (χ1) is 13.1. The van der Waals surface area contributed by atoms with Crippen LogP contribution in [0.25, 0.3) is 16.7 Å². The normalized spacial score (nSPS) is 10.9. The van der Waals surface area contributed by atoms with Gasteiger partial charge < -0.3 is 15.0 Å². The van der Waals surface area contributed by atoms with Gasteiger partial charge in [-0.15, -0.1) is 0 Å². The van der Waals surface area contributed by atoms with Crippen LogP contribution in [0.2, 0.25) is 0 Å². The molecular formula is C20H19N5O2. The molecule has 0 spiro atoms. The van der Waals surface area contributed by atoms with E-state index in [0.717, 1.165) is 28.0 Å². The summed E-state index contributed by atoms with van der Waals surface area (Å²) < 4.78 is 6.80. The average Bonchev–Trinajstić information content (AvgIpc) is 3.33. The second-order valence-corrected chi connectivity index (χ2v) is 6.23. The van der Waals surface area contributed by atoms with Crippen LogP contribution in [0, 0.1) is 6.92 Å². The number of H-pyrrole nitrogens is 1. The van der Waals surface area contributed by atoms with Crippen molar-refractivity contribution in [3.8, 4) is 11.4 Å². The molecule has 136 valence electrons. The van der Waals surface area contributed by atoms with E-state index in [9.17, 15) is 4.79 Å². The minimum absolute atomic E-state index is 0.251. The van der Waals surface area contributed by atoms with Crippen LogP contribution in [0.3, 0.4) is 0 Å². The van der Waals surface area contributed by atoms with E-state index < -0.39 is 0 Å². The molecule has 27 heavy (non-hydrogen) atoms. The third-order valence-electron chi connectivity index (χ3n) is 4.26. The lowest BCUT2D eigenvalue weighted by molar-refractivity contribution is 0.0944. The molecule has 0 radical (unpaired) electrons. The molecule has 0 atom stereocenters. The number of carbonyl (C=O) groups is 1. The number of imidazole rings is 1. The van der Waals surface area contributed by atoms with Gasteiger partial charge in [0.2, 0.25) is 0 Å². The lowest BCUT2D eigenvalue weighted by atomic mass is 10.2. The van der Waals surface area contributed by atoms with Gasteiger partial charge in [0.1, 0.15) is 11.6 Å². The Hall–Kier alpha value is -3.61. The number of fused-ring (bicyclic) bond motifs is 1. The summed E-state index contributed by atoms with van der Waals surface area (Å²) in [7, 11) is 1.62. The second-order valence-electron chi connectivity index (χ2n) is 6.23. The quantitative estimate of drug-likeness (QED) is 0.572. The Kier molecular flexibility index (Phi) is 4.33. The number of carbonyl (C=O) groups excluding carboxylic acids is 1. The van der Waals surface area contributed by atoms with E-state index in [0.29, 0.717) is 18.1 Å². The maximum atomic E-state index is 12.4. The van der Waals surface area contributed by atoms with Crippen molar-refractivity contribution < 1.29 is 9.53 Å². The molecule has 2 aromatic heterocycles. The fourth-order valence-corrected chi connectivity index (χ4v) is 2.84. The molecule has 0 aliphatic rings. The first-order valence-electron chi connectivity index (χ1n) is 8.56. The smallest absolute Gasteiger partial charge is 0.272 e. The number of ether oxygens (including phenoxy) is 1. The molecule has 4 aromatic rings. The van der Waals surface area contributed by atoms with Crippen molar-refractivity contribution >= 4 is 16.9 Å². The molecule has 0 bridgehead atoms. The molecule has 0 aliphatic carbocycles. The number of benzene rings is 2. The maximum absolute atomic E-state index is 12.4. The van der Waals surface area contributed by atoms with Crippen molar-refractivity contribution in [2.75, 3.05) is 7.11 Å². The van der Waals surface area contributed by atoms with Gasteiger partial charge in [-0.3, -0.25) is 4.79 Å². The zero-order chi connectivity index (χ0) is 18.8. The van der Waals surface area contributed by atoms with Crippen molar-refractivity contribution in [2.24, 2.45) is 0 Å². The Bertz CT molecular complexity index is 1100. The van der Waals surface area contributed by atoms with Crippen LogP contribution >= 0.6 is 0 Å². The van der Waals surface area contributed by atoms with Crippen LogP contribution in [0.5, 0.6) is 5.75 Å². The molecule has 0 aliphatic heterocycles. The molecule has 0 unspecified atom stereocenters. The number of nitrogens with zero attached hydrogens (tertiary/aromatic N) is 3. The van der Waals surface area contributed by atoms with Crippen molar-refractivity contribution in [1.82, 2.24) is 25.1 Å². The molecular weight excluding hydrogens is 342 g/mol. The Morgan fingerprint density at radius 1 is 1.19 bits per heavy atom. The summed E-state index contributed by atoms with van der Waals surface area (Å²) in [6, 6.07) is 15.1. The van der Waals surface area contributed by atoms with Gasteiger partial charge in [0, 0.05) is 6.20 Å². The maximum Gasteiger partial charge on any atom is 0.272 e.